The molecule has 2 aromatic carbocycles. The third kappa shape index (κ3) is 4.18. The molecule has 29 heavy (non-hydrogen) atoms. The fourth-order valence-corrected chi connectivity index (χ4v) is 3.71. The zero-order chi connectivity index (χ0) is 20.4. The van der Waals surface area contributed by atoms with Crippen LogP contribution in [-0.2, 0) is 19.1 Å². The van der Waals surface area contributed by atoms with E-state index < -0.39 is 11.7 Å². The predicted octanol–water partition coefficient (Wildman–Crippen LogP) is 4.76. The van der Waals surface area contributed by atoms with Gasteiger partial charge in [-0.05, 0) is 49.1 Å². The number of amides is 1. The Hall–Kier alpha value is -3.09. The average Bonchev–Trinajstić information content (AvgIpc) is 3.12. The number of fused-ring (bicyclic) bond motifs is 1. The Morgan fingerprint density at radius 1 is 1.10 bits per heavy atom. The molecule has 1 heterocycles. The Labute approximate surface area is 166 Å². The molecule has 150 valence electrons. The van der Waals surface area contributed by atoms with E-state index in [-0.39, 0.29) is 17.5 Å². The highest BCUT2D eigenvalue weighted by atomic mass is 19.4. The van der Waals surface area contributed by atoms with Crippen molar-refractivity contribution in [2.45, 2.75) is 38.0 Å². The van der Waals surface area contributed by atoms with Crippen molar-refractivity contribution in [2.75, 3.05) is 0 Å². The fraction of sp³-hybridized carbons (Fsp3) is 0.273. The first-order chi connectivity index (χ1) is 13.9. The Morgan fingerprint density at radius 2 is 1.83 bits per heavy atom. The van der Waals surface area contributed by atoms with Crippen LogP contribution in [0.2, 0.25) is 0 Å². The van der Waals surface area contributed by atoms with Gasteiger partial charge in [-0.1, -0.05) is 30.3 Å². The SMILES string of the molecule is O=C(NC1CCCc2c1cnn2Cc1ccccc1)c1ccc(C(F)(F)F)cc1. The van der Waals surface area contributed by atoms with Crippen LogP contribution in [0.3, 0.4) is 0 Å². The molecule has 1 amide bonds. The number of hydrogen-bond acceptors (Lipinski definition) is 2. The van der Waals surface area contributed by atoms with Crippen LogP contribution >= 0.6 is 0 Å². The van der Waals surface area contributed by atoms with Gasteiger partial charge in [0.15, 0.2) is 0 Å². The van der Waals surface area contributed by atoms with Crippen LogP contribution in [0.25, 0.3) is 0 Å². The maximum absolute atomic E-state index is 12.7. The third-order valence-electron chi connectivity index (χ3n) is 5.22. The van der Waals surface area contributed by atoms with E-state index in [1.807, 2.05) is 35.0 Å². The van der Waals surface area contributed by atoms with E-state index in [0.29, 0.717) is 6.54 Å². The van der Waals surface area contributed by atoms with Crippen molar-refractivity contribution in [3.8, 4) is 0 Å². The minimum absolute atomic E-state index is 0.196. The summed E-state index contributed by atoms with van der Waals surface area (Å²) in [5, 5.41) is 7.46. The maximum Gasteiger partial charge on any atom is 0.416 e. The molecule has 7 heteroatoms. The molecule has 0 fully saturated rings. The first-order valence-electron chi connectivity index (χ1n) is 9.48. The summed E-state index contributed by atoms with van der Waals surface area (Å²) in [5.74, 6) is -0.382. The molecule has 1 aliphatic carbocycles. The minimum Gasteiger partial charge on any atom is -0.345 e. The van der Waals surface area contributed by atoms with Gasteiger partial charge in [-0.2, -0.15) is 18.3 Å². The Bertz CT molecular complexity index is 994. The molecule has 1 aromatic heterocycles. The standard InChI is InChI=1S/C22H20F3N3O/c23-22(24,25)17-11-9-16(10-12-17)21(29)27-19-7-4-8-20-18(19)13-26-28(20)14-15-5-2-1-3-6-15/h1-3,5-6,9-13,19H,4,7-8,14H2,(H,27,29). The summed E-state index contributed by atoms with van der Waals surface area (Å²) in [7, 11) is 0. The van der Waals surface area contributed by atoms with Crippen molar-refractivity contribution < 1.29 is 18.0 Å². The molecular formula is C22H20F3N3O. The van der Waals surface area contributed by atoms with Crippen molar-refractivity contribution in [3.05, 3.63) is 88.7 Å². The molecule has 1 N–H and O–H groups in total. The zero-order valence-electron chi connectivity index (χ0n) is 15.6. The molecule has 0 saturated carbocycles. The molecule has 1 atom stereocenters. The smallest absolute Gasteiger partial charge is 0.345 e. The van der Waals surface area contributed by atoms with Gasteiger partial charge in [0, 0.05) is 16.8 Å². The number of benzene rings is 2. The minimum atomic E-state index is -4.42. The van der Waals surface area contributed by atoms with Crippen molar-refractivity contribution in [1.29, 1.82) is 0 Å². The lowest BCUT2D eigenvalue weighted by atomic mass is 9.92. The van der Waals surface area contributed by atoms with E-state index in [1.54, 1.807) is 6.20 Å². The molecule has 1 aliphatic rings. The first-order valence-corrected chi connectivity index (χ1v) is 9.48. The van der Waals surface area contributed by atoms with Crippen LogP contribution in [0.15, 0.2) is 60.8 Å². The number of rotatable bonds is 4. The van der Waals surface area contributed by atoms with Gasteiger partial charge in [0.25, 0.3) is 5.91 Å². The second-order valence-electron chi connectivity index (χ2n) is 7.18. The van der Waals surface area contributed by atoms with Gasteiger partial charge in [-0.25, -0.2) is 0 Å². The number of nitrogens with one attached hydrogen (secondary N) is 1. The summed E-state index contributed by atoms with van der Waals surface area (Å²) in [6, 6.07) is 14.1. The normalized spacial score (nSPS) is 16.3. The van der Waals surface area contributed by atoms with Gasteiger partial charge in [0.1, 0.15) is 0 Å². The summed E-state index contributed by atoms with van der Waals surface area (Å²) >= 11 is 0. The first kappa shape index (κ1) is 19.2. The molecule has 0 saturated heterocycles. The third-order valence-corrected chi connectivity index (χ3v) is 5.22. The van der Waals surface area contributed by atoms with Crippen molar-refractivity contribution in [2.24, 2.45) is 0 Å². The Morgan fingerprint density at radius 3 is 2.52 bits per heavy atom. The summed E-state index contributed by atoms with van der Waals surface area (Å²) in [6.07, 6.45) is -0.0631. The number of alkyl halides is 3. The molecule has 3 aromatic rings. The fourth-order valence-electron chi connectivity index (χ4n) is 3.71. The Balaban J connectivity index is 1.49. The number of carbonyl (C=O) groups excluding carboxylic acids is 1. The second kappa shape index (κ2) is 7.73. The van der Waals surface area contributed by atoms with E-state index in [1.165, 1.54) is 12.1 Å². The van der Waals surface area contributed by atoms with Gasteiger partial charge in [0.2, 0.25) is 0 Å². The number of nitrogens with zero attached hydrogens (tertiary/aromatic N) is 2. The number of aromatic nitrogens is 2. The zero-order valence-corrected chi connectivity index (χ0v) is 15.6. The van der Waals surface area contributed by atoms with Crippen LogP contribution in [0.5, 0.6) is 0 Å². The van der Waals surface area contributed by atoms with Gasteiger partial charge in [0.05, 0.1) is 24.3 Å². The molecule has 1 unspecified atom stereocenters. The number of carbonyl (C=O) groups is 1. The monoisotopic (exact) mass is 399 g/mol. The number of halogens is 3. The van der Waals surface area contributed by atoms with E-state index in [2.05, 4.69) is 10.4 Å². The molecule has 4 rings (SSSR count). The van der Waals surface area contributed by atoms with Gasteiger partial charge < -0.3 is 5.32 Å². The van der Waals surface area contributed by atoms with E-state index in [0.717, 1.165) is 48.2 Å². The van der Waals surface area contributed by atoms with E-state index in [9.17, 15) is 18.0 Å². The van der Waals surface area contributed by atoms with Gasteiger partial charge >= 0.3 is 6.18 Å². The highest BCUT2D eigenvalue weighted by Crippen LogP contribution is 2.31. The Kier molecular flexibility index (Phi) is 5.13. The summed E-state index contributed by atoms with van der Waals surface area (Å²) in [4.78, 5) is 12.6. The van der Waals surface area contributed by atoms with E-state index >= 15 is 0 Å². The average molecular weight is 399 g/mol. The largest absolute Gasteiger partial charge is 0.416 e. The van der Waals surface area contributed by atoms with Crippen LogP contribution in [0, 0.1) is 0 Å². The van der Waals surface area contributed by atoms with Crippen LogP contribution in [0.1, 0.15) is 51.6 Å². The second-order valence-corrected chi connectivity index (χ2v) is 7.18. The highest BCUT2D eigenvalue weighted by molar-refractivity contribution is 5.94. The van der Waals surface area contributed by atoms with E-state index in [4.69, 9.17) is 0 Å². The number of hydrogen-bond donors (Lipinski definition) is 1. The van der Waals surface area contributed by atoms with Gasteiger partial charge in [-0.15, -0.1) is 0 Å². The molecule has 0 bridgehead atoms. The summed E-state index contributed by atoms with van der Waals surface area (Å²) < 4.78 is 40.1. The summed E-state index contributed by atoms with van der Waals surface area (Å²) in [5.41, 5.74) is 2.66. The molecule has 4 nitrogen and oxygen atoms in total. The van der Waals surface area contributed by atoms with Crippen LogP contribution < -0.4 is 5.32 Å². The lowest BCUT2D eigenvalue weighted by molar-refractivity contribution is -0.137. The highest BCUT2D eigenvalue weighted by Gasteiger charge is 2.30. The molecule has 0 aliphatic heterocycles. The lowest BCUT2D eigenvalue weighted by Gasteiger charge is -2.24. The summed E-state index contributed by atoms with van der Waals surface area (Å²) in [6.45, 7) is 0.662. The van der Waals surface area contributed by atoms with Crippen molar-refractivity contribution in [1.82, 2.24) is 15.1 Å². The van der Waals surface area contributed by atoms with Crippen LogP contribution in [0.4, 0.5) is 13.2 Å². The van der Waals surface area contributed by atoms with Crippen molar-refractivity contribution in [3.63, 3.8) is 0 Å². The quantitative estimate of drug-likeness (QED) is 0.688. The van der Waals surface area contributed by atoms with Crippen LogP contribution in [-0.4, -0.2) is 15.7 Å². The van der Waals surface area contributed by atoms with Crippen molar-refractivity contribution >= 4 is 5.91 Å². The molecule has 0 radical (unpaired) electrons. The lowest BCUT2D eigenvalue weighted by Crippen LogP contribution is -2.31. The molecule has 0 spiro atoms. The predicted molar refractivity (Wildman–Crippen MR) is 102 cm³/mol. The topological polar surface area (TPSA) is 46.9 Å². The molecular weight excluding hydrogens is 379 g/mol. The van der Waals surface area contributed by atoms with Gasteiger partial charge in [-0.3, -0.25) is 9.48 Å². The maximum atomic E-state index is 12.7.